The van der Waals surface area contributed by atoms with Crippen molar-refractivity contribution >= 4 is 83.3 Å². The van der Waals surface area contributed by atoms with Crippen molar-refractivity contribution in [2.45, 2.75) is 0 Å². The van der Waals surface area contributed by atoms with Gasteiger partial charge in [0.05, 0.1) is 11.3 Å². The number of anilines is 1. The van der Waals surface area contributed by atoms with Gasteiger partial charge >= 0.3 is 0 Å². The molecule has 0 aliphatic heterocycles. The number of halogens is 3. The zero-order chi connectivity index (χ0) is 15.6. The fraction of sp³-hybridized carbons (Fsp3) is 0. The van der Waals surface area contributed by atoms with E-state index in [1.807, 2.05) is 18.2 Å². The van der Waals surface area contributed by atoms with Gasteiger partial charge in [0.1, 0.15) is 4.99 Å². The molecule has 3 N–H and O–H groups in total. The summed E-state index contributed by atoms with van der Waals surface area (Å²) in [6.45, 7) is 0. The summed E-state index contributed by atoms with van der Waals surface area (Å²) in [4.78, 5) is 12.6. The first kappa shape index (κ1) is 16.9. The molecule has 0 aromatic heterocycles. The van der Waals surface area contributed by atoms with Crippen LogP contribution in [-0.2, 0) is 0 Å². The van der Waals surface area contributed by atoms with Gasteiger partial charge in [0.15, 0.2) is 0 Å². The number of hydrogen-bond acceptors (Lipinski definition) is 2. The van der Waals surface area contributed by atoms with Gasteiger partial charge in [0.2, 0.25) is 0 Å². The monoisotopic (exact) mass is 538 g/mol. The van der Waals surface area contributed by atoms with E-state index < -0.39 is 0 Å². The number of carbonyl (C=O) groups excluding carboxylic acids is 1. The van der Waals surface area contributed by atoms with E-state index in [2.05, 4.69) is 59.8 Å². The van der Waals surface area contributed by atoms with Crippen LogP contribution in [0.25, 0.3) is 0 Å². The summed E-state index contributed by atoms with van der Waals surface area (Å²) in [7, 11) is 0. The maximum atomic E-state index is 12.4. The van der Waals surface area contributed by atoms with Gasteiger partial charge in [-0.15, -0.1) is 0 Å². The van der Waals surface area contributed by atoms with Crippen LogP contribution in [0.4, 0.5) is 5.69 Å². The second-order valence-corrected chi connectivity index (χ2v) is 7.59. The summed E-state index contributed by atoms with van der Waals surface area (Å²) >= 11 is 13.9. The molecule has 0 aliphatic rings. The molecule has 2 aromatic rings. The number of nitrogens with one attached hydrogen (secondary N) is 1. The Morgan fingerprint density at radius 2 is 1.86 bits per heavy atom. The Labute approximate surface area is 158 Å². The van der Waals surface area contributed by atoms with E-state index in [9.17, 15) is 4.79 Å². The van der Waals surface area contributed by atoms with Crippen molar-refractivity contribution in [2.75, 3.05) is 5.32 Å². The van der Waals surface area contributed by atoms with E-state index in [0.717, 1.165) is 12.5 Å². The molecule has 0 saturated carbocycles. The molecule has 0 unspecified atom stereocenters. The summed E-state index contributed by atoms with van der Waals surface area (Å²) < 4.78 is 2.56. The third-order valence-corrected chi connectivity index (χ3v) is 4.74. The van der Waals surface area contributed by atoms with Crippen LogP contribution < -0.4 is 11.1 Å². The van der Waals surface area contributed by atoms with E-state index in [1.54, 1.807) is 18.2 Å². The molecule has 0 atom stereocenters. The molecule has 0 bridgehead atoms. The van der Waals surface area contributed by atoms with Gasteiger partial charge in [-0.25, -0.2) is 0 Å². The van der Waals surface area contributed by atoms with Gasteiger partial charge in [-0.3, -0.25) is 4.79 Å². The van der Waals surface area contributed by atoms with Crippen molar-refractivity contribution in [2.24, 2.45) is 5.73 Å². The summed E-state index contributed by atoms with van der Waals surface area (Å²) in [6.07, 6.45) is 0. The van der Waals surface area contributed by atoms with E-state index in [4.69, 9.17) is 18.0 Å². The minimum atomic E-state index is -0.222. The molecule has 0 fully saturated rings. The third-order valence-electron chi connectivity index (χ3n) is 2.67. The highest BCUT2D eigenvalue weighted by Crippen LogP contribution is 2.24. The minimum absolute atomic E-state index is 0.222. The van der Waals surface area contributed by atoms with Crippen LogP contribution in [0.5, 0.6) is 0 Å². The van der Waals surface area contributed by atoms with E-state index >= 15 is 0 Å². The second kappa shape index (κ2) is 7.17. The van der Waals surface area contributed by atoms with E-state index in [1.165, 1.54) is 0 Å². The smallest absolute Gasteiger partial charge is 0.256 e. The predicted molar refractivity (Wildman–Crippen MR) is 105 cm³/mol. The lowest BCUT2D eigenvalue weighted by molar-refractivity contribution is 0.102. The maximum Gasteiger partial charge on any atom is 0.256 e. The van der Waals surface area contributed by atoms with Crippen LogP contribution in [0.3, 0.4) is 0 Å². The number of thiocarbonyl (C=S) groups is 1. The summed E-state index contributed by atoms with van der Waals surface area (Å²) in [5, 5.41) is 2.84. The lowest BCUT2D eigenvalue weighted by atomic mass is 10.1. The Kier molecular flexibility index (Phi) is 5.75. The molecule has 2 rings (SSSR count). The van der Waals surface area contributed by atoms with Gasteiger partial charge in [0, 0.05) is 18.1 Å². The quantitative estimate of drug-likeness (QED) is 0.439. The first-order chi connectivity index (χ1) is 9.88. The van der Waals surface area contributed by atoms with Gasteiger partial charge < -0.3 is 11.1 Å². The van der Waals surface area contributed by atoms with Crippen molar-refractivity contribution in [3.8, 4) is 0 Å². The average Bonchev–Trinajstić information content (AvgIpc) is 2.43. The molecule has 1 amide bonds. The largest absolute Gasteiger partial charge is 0.389 e. The molecule has 0 heterocycles. The van der Waals surface area contributed by atoms with Gasteiger partial charge in [-0.2, -0.15) is 0 Å². The highest BCUT2D eigenvalue weighted by Gasteiger charge is 2.14. The molecular weight excluding hydrogens is 531 g/mol. The fourth-order valence-electron chi connectivity index (χ4n) is 1.69. The number of nitrogens with two attached hydrogens (primary N) is 1. The average molecular weight is 540 g/mol. The molecule has 0 aliphatic carbocycles. The van der Waals surface area contributed by atoms with Crippen molar-refractivity contribution in [3.05, 3.63) is 60.0 Å². The molecule has 0 radical (unpaired) electrons. The van der Waals surface area contributed by atoms with Crippen molar-refractivity contribution in [1.29, 1.82) is 0 Å². The summed E-state index contributed by atoms with van der Waals surface area (Å²) in [6, 6.07) is 10.9. The Morgan fingerprint density at radius 1 is 1.14 bits per heavy atom. The normalized spacial score (nSPS) is 10.2. The molecule has 0 spiro atoms. The van der Waals surface area contributed by atoms with Crippen LogP contribution in [0.2, 0.25) is 0 Å². The molecule has 0 saturated heterocycles. The Morgan fingerprint density at radius 3 is 2.52 bits per heavy atom. The number of rotatable bonds is 3. The minimum Gasteiger partial charge on any atom is -0.389 e. The molecule has 2 aromatic carbocycles. The van der Waals surface area contributed by atoms with Crippen LogP contribution in [0.1, 0.15) is 15.9 Å². The Hall–Kier alpha value is -0.510. The molecule has 108 valence electrons. The molecule has 3 nitrogen and oxygen atoms in total. The second-order valence-electron chi connectivity index (χ2n) is 4.13. The van der Waals surface area contributed by atoms with Crippen molar-refractivity contribution in [3.63, 3.8) is 0 Å². The number of amides is 1. The SMILES string of the molecule is NC(=S)c1cc(Br)ccc1NC(=O)c1cc(I)ccc1Br. The van der Waals surface area contributed by atoms with Crippen molar-refractivity contribution < 1.29 is 4.79 Å². The highest BCUT2D eigenvalue weighted by molar-refractivity contribution is 14.1. The third kappa shape index (κ3) is 4.24. The summed E-state index contributed by atoms with van der Waals surface area (Å²) in [5.74, 6) is -0.222. The topological polar surface area (TPSA) is 55.1 Å². The molecular formula is C14H9Br2IN2OS. The number of hydrogen-bond donors (Lipinski definition) is 2. The maximum absolute atomic E-state index is 12.4. The van der Waals surface area contributed by atoms with Gasteiger partial charge in [-0.1, -0.05) is 28.1 Å². The summed E-state index contributed by atoms with van der Waals surface area (Å²) in [5.41, 5.74) is 7.46. The standard InChI is InChI=1S/C14H9Br2IN2OS/c15-7-1-4-12(10(5-7)13(18)21)19-14(20)9-6-8(17)2-3-11(9)16/h1-6H,(H2,18,21)(H,19,20). The lowest BCUT2D eigenvalue weighted by Crippen LogP contribution is -2.18. The molecule has 7 heteroatoms. The lowest BCUT2D eigenvalue weighted by Gasteiger charge is -2.12. The van der Waals surface area contributed by atoms with Crippen LogP contribution in [0, 0.1) is 3.57 Å². The Balaban J connectivity index is 2.36. The van der Waals surface area contributed by atoms with Crippen LogP contribution in [0.15, 0.2) is 45.3 Å². The van der Waals surface area contributed by atoms with E-state index in [0.29, 0.717) is 16.8 Å². The Bertz CT molecular complexity index is 737. The van der Waals surface area contributed by atoms with Gasteiger partial charge in [-0.05, 0) is 74.9 Å². The molecule has 21 heavy (non-hydrogen) atoms. The first-order valence-electron chi connectivity index (χ1n) is 5.74. The number of carbonyl (C=O) groups is 1. The fourth-order valence-corrected chi connectivity index (χ4v) is 3.14. The zero-order valence-electron chi connectivity index (χ0n) is 10.5. The van der Waals surface area contributed by atoms with E-state index in [-0.39, 0.29) is 10.9 Å². The zero-order valence-corrected chi connectivity index (χ0v) is 16.6. The van der Waals surface area contributed by atoms with Crippen LogP contribution >= 0.6 is 66.7 Å². The van der Waals surface area contributed by atoms with Crippen LogP contribution in [-0.4, -0.2) is 10.9 Å². The highest BCUT2D eigenvalue weighted by atomic mass is 127. The number of benzene rings is 2. The van der Waals surface area contributed by atoms with Crippen molar-refractivity contribution in [1.82, 2.24) is 0 Å². The van der Waals surface area contributed by atoms with Gasteiger partial charge in [0.25, 0.3) is 5.91 Å². The first-order valence-corrected chi connectivity index (χ1v) is 8.81. The predicted octanol–water partition coefficient (Wildman–Crippen LogP) is 4.70.